The SMILES string of the molecule is CCN=C(NC1CCN(CC(F)(F)F)C1)N(C)Cc1cccn1C. The van der Waals surface area contributed by atoms with Crippen molar-refractivity contribution >= 4 is 5.96 Å². The molecule has 1 unspecified atom stereocenters. The van der Waals surface area contributed by atoms with Crippen LogP contribution in [-0.2, 0) is 13.6 Å². The highest BCUT2D eigenvalue weighted by atomic mass is 19.4. The Kier molecular flexibility index (Phi) is 6.15. The van der Waals surface area contributed by atoms with Gasteiger partial charge in [-0.25, -0.2) is 0 Å². The quantitative estimate of drug-likeness (QED) is 0.655. The van der Waals surface area contributed by atoms with E-state index in [9.17, 15) is 13.2 Å². The fraction of sp³-hybridized carbons (Fsp3) is 0.688. The third kappa shape index (κ3) is 5.43. The standard InChI is InChI=1S/C16H26F3N5/c1-4-20-15(23(3)11-14-6-5-8-22(14)2)21-13-7-9-24(10-13)12-16(17,18)19/h5-6,8,13H,4,7,9-12H2,1-3H3,(H,20,21). The third-order valence-electron chi connectivity index (χ3n) is 4.13. The molecule has 2 heterocycles. The zero-order chi connectivity index (χ0) is 17.7. The Bertz CT molecular complexity index is 552. The molecular formula is C16H26F3N5. The lowest BCUT2D eigenvalue weighted by atomic mass is 10.2. The lowest BCUT2D eigenvalue weighted by Crippen LogP contribution is -2.46. The first kappa shape index (κ1) is 18.6. The van der Waals surface area contributed by atoms with Crippen LogP contribution in [0.25, 0.3) is 0 Å². The second kappa shape index (κ2) is 7.92. The number of aromatic nitrogens is 1. The summed E-state index contributed by atoms with van der Waals surface area (Å²) >= 11 is 0. The van der Waals surface area contributed by atoms with Crippen LogP contribution in [0.4, 0.5) is 13.2 Å². The van der Waals surface area contributed by atoms with Crippen LogP contribution >= 0.6 is 0 Å². The highest BCUT2D eigenvalue weighted by Gasteiger charge is 2.34. The van der Waals surface area contributed by atoms with Gasteiger partial charge in [0.2, 0.25) is 0 Å². The molecule has 1 aromatic heterocycles. The number of alkyl halides is 3. The minimum atomic E-state index is -4.14. The monoisotopic (exact) mass is 345 g/mol. The third-order valence-corrected chi connectivity index (χ3v) is 4.13. The van der Waals surface area contributed by atoms with E-state index in [1.165, 1.54) is 4.90 Å². The Balaban J connectivity index is 1.92. The summed E-state index contributed by atoms with van der Waals surface area (Å²) in [5.41, 5.74) is 1.15. The molecule has 1 atom stereocenters. The van der Waals surface area contributed by atoms with Crippen molar-refractivity contribution in [3.05, 3.63) is 24.0 Å². The minimum absolute atomic E-state index is 0.00601. The molecule has 1 aliphatic rings. The van der Waals surface area contributed by atoms with Crippen LogP contribution in [0.3, 0.4) is 0 Å². The van der Waals surface area contributed by atoms with Crippen molar-refractivity contribution in [3.63, 3.8) is 0 Å². The summed E-state index contributed by atoms with van der Waals surface area (Å²) in [5.74, 6) is 0.734. The Morgan fingerprint density at radius 1 is 1.46 bits per heavy atom. The highest BCUT2D eigenvalue weighted by molar-refractivity contribution is 5.80. The van der Waals surface area contributed by atoms with Crippen LogP contribution in [0.15, 0.2) is 23.3 Å². The van der Waals surface area contributed by atoms with Crippen LogP contribution in [0.5, 0.6) is 0 Å². The molecule has 5 nitrogen and oxygen atoms in total. The zero-order valence-electron chi connectivity index (χ0n) is 14.5. The van der Waals surface area contributed by atoms with Gasteiger partial charge in [-0.15, -0.1) is 0 Å². The number of halogens is 3. The van der Waals surface area contributed by atoms with E-state index in [1.807, 2.05) is 48.8 Å². The summed E-state index contributed by atoms with van der Waals surface area (Å²) in [4.78, 5) is 7.93. The van der Waals surface area contributed by atoms with Gasteiger partial charge in [-0.3, -0.25) is 9.89 Å². The number of rotatable bonds is 5. The molecule has 0 aliphatic carbocycles. The van der Waals surface area contributed by atoms with Gasteiger partial charge in [0.05, 0.1) is 13.1 Å². The predicted octanol–water partition coefficient (Wildman–Crippen LogP) is 2.06. The van der Waals surface area contributed by atoms with Crippen LogP contribution in [0.2, 0.25) is 0 Å². The molecular weight excluding hydrogens is 319 g/mol. The average molecular weight is 345 g/mol. The molecule has 0 saturated carbocycles. The van der Waals surface area contributed by atoms with E-state index in [2.05, 4.69) is 10.3 Å². The average Bonchev–Trinajstić information content (AvgIpc) is 3.06. The molecule has 0 bridgehead atoms. The number of aliphatic imine (C=N–C) groups is 1. The van der Waals surface area contributed by atoms with E-state index < -0.39 is 12.7 Å². The Morgan fingerprint density at radius 3 is 2.79 bits per heavy atom. The summed E-state index contributed by atoms with van der Waals surface area (Å²) in [6, 6.07) is 4.02. The van der Waals surface area contributed by atoms with Gasteiger partial charge in [0.25, 0.3) is 0 Å². The van der Waals surface area contributed by atoms with Gasteiger partial charge in [-0.1, -0.05) is 0 Å². The smallest absolute Gasteiger partial charge is 0.353 e. The molecule has 0 radical (unpaired) electrons. The van der Waals surface area contributed by atoms with Gasteiger partial charge in [-0.2, -0.15) is 13.2 Å². The predicted molar refractivity (Wildman–Crippen MR) is 88.9 cm³/mol. The largest absolute Gasteiger partial charge is 0.401 e. The van der Waals surface area contributed by atoms with E-state index in [0.29, 0.717) is 32.6 Å². The maximum atomic E-state index is 12.5. The second-order valence-electron chi connectivity index (χ2n) is 6.24. The topological polar surface area (TPSA) is 35.8 Å². The van der Waals surface area contributed by atoms with Gasteiger partial charge in [0.1, 0.15) is 0 Å². The first-order valence-corrected chi connectivity index (χ1v) is 8.20. The first-order valence-electron chi connectivity index (χ1n) is 8.20. The van der Waals surface area contributed by atoms with Crippen LogP contribution in [-0.4, -0.2) is 65.8 Å². The summed E-state index contributed by atoms with van der Waals surface area (Å²) < 4.78 is 39.5. The maximum Gasteiger partial charge on any atom is 0.401 e. The minimum Gasteiger partial charge on any atom is -0.353 e. The van der Waals surface area contributed by atoms with E-state index in [-0.39, 0.29) is 6.04 Å². The van der Waals surface area contributed by atoms with Crippen molar-refractivity contribution in [1.29, 1.82) is 0 Å². The molecule has 0 amide bonds. The van der Waals surface area contributed by atoms with E-state index in [1.54, 1.807) is 0 Å². The summed E-state index contributed by atoms with van der Waals surface area (Å²) in [5, 5.41) is 3.32. The lowest BCUT2D eigenvalue weighted by molar-refractivity contribution is -0.143. The van der Waals surface area contributed by atoms with Crippen molar-refractivity contribution in [1.82, 2.24) is 19.7 Å². The number of nitrogens with zero attached hydrogens (tertiary/aromatic N) is 4. The van der Waals surface area contributed by atoms with Gasteiger partial charge >= 0.3 is 6.18 Å². The molecule has 0 aromatic carbocycles. The van der Waals surface area contributed by atoms with Gasteiger partial charge in [0, 0.05) is 51.7 Å². The number of nitrogens with one attached hydrogen (secondary N) is 1. The van der Waals surface area contributed by atoms with Gasteiger partial charge in [-0.05, 0) is 25.5 Å². The van der Waals surface area contributed by atoms with Crippen molar-refractivity contribution in [2.75, 3.05) is 33.2 Å². The highest BCUT2D eigenvalue weighted by Crippen LogP contribution is 2.20. The van der Waals surface area contributed by atoms with Crippen LogP contribution < -0.4 is 5.32 Å². The molecule has 8 heteroatoms. The number of guanidine groups is 1. The number of hydrogen-bond donors (Lipinski definition) is 1. The molecule has 136 valence electrons. The number of likely N-dealkylation sites (tertiary alicyclic amines) is 1. The Labute approximate surface area is 141 Å². The Hall–Kier alpha value is -1.70. The van der Waals surface area contributed by atoms with E-state index >= 15 is 0 Å². The second-order valence-corrected chi connectivity index (χ2v) is 6.24. The van der Waals surface area contributed by atoms with Crippen LogP contribution in [0, 0.1) is 0 Å². The zero-order valence-corrected chi connectivity index (χ0v) is 14.5. The molecule has 1 N–H and O–H groups in total. The fourth-order valence-corrected chi connectivity index (χ4v) is 2.94. The molecule has 1 saturated heterocycles. The number of hydrogen-bond acceptors (Lipinski definition) is 2. The first-order chi connectivity index (χ1) is 11.3. The normalized spacial score (nSPS) is 19.8. The number of aryl methyl sites for hydroxylation is 1. The van der Waals surface area contributed by atoms with E-state index in [0.717, 1.165) is 11.7 Å². The molecule has 24 heavy (non-hydrogen) atoms. The van der Waals surface area contributed by atoms with Crippen molar-refractivity contribution < 1.29 is 13.2 Å². The molecule has 1 aromatic rings. The Morgan fingerprint density at radius 2 is 2.21 bits per heavy atom. The van der Waals surface area contributed by atoms with Gasteiger partial charge < -0.3 is 14.8 Å². The molecule has 1 aliphatic heterocycles. The summed E-state index contributed by atoms with van der Waals surface area (Å²) in [7, 11) is 3.93. The van der Waals surface area contributed by atoms with Crippen molar-refractivity contribution in [3.8, 4) is 0 Å². The maximum absolute atomic E-state index is 12.5. The lowest BCUT2D eigenvalue weighted by Gasteiger charge is -2.26. The summed E-state index contributed by atoms with van der Waals surface area (Å²) in [6.07, 6.45) is -1.46. The summed E-state index contributed by atoms with van der Waals surface area (Å²) in [6.45, 7) is 3.26. The van der Waals surface area contributed by atoms with Crippen molar-refractivity contribution in [2.24, 2.45) is 12.0 Å². The van der Waals surface area contributed by atoms with Gasteiger partial charge in [0.15, 0.2) is 5.96 Å². The fourth-order valence-electron chi connectivity index (χ4n) is 2.94. The van der Waals surface area contributed by atoms with E-state index in [4.69, 9.17) is 0 Å². The van der Waals surface area contributed by atoms with Crippen LogP contribution in [0.1, 0.15) is 19.0 Å². The molecule has 1 fully saturated rings. The molecule has 0 spiro atoms. The van der Waals surface area contributed by atoms with Crippen molar-refractivity contribution in [2.45, 2.75) is 32.1 Å². The molecule has 2 rings (SSSR count).